The number of benzene rings is 2. The Morgan fingerprint density at radius 3 is 2.35 bits per heavy atom. The standard InChI is InChI=1S/C17H18ClF2NO2/c1-23-10-16(12-4-7-14(19)15(20)8-12)21-9-17(22)11-2-5-13(18)6-3-11/h2-8,16-17,21-22H,9-10H2,1H3. The molecule has 0 aliphatic carbocycles. The van der Waals surface area contributed by atoms with E-state index in [1.54, 1.807) is 24.3 Å². The Morgan fingerprint density at radius 2 is 1.74 bits per heavy atom. The van der Waals surface area contributed by atoms with Gasteiger partial charge < -0.3 is 15.2 Å². The molecule has 0 amide bonds. The SMILES string of the molecule is COCC(NCC(O)c1ccc(Cl)cc1)c1ccc(F)c(F)c1. The Labute approximate surface area is 138 Å². The summed E-state index contributed by atoms with van der Waals surface area (Å²) in [5.41, 5.74) is 1.26. The van der Waals surface area contributed by atoms with E-state index in [1.807, 2.05) is 0 Å². The first-order valence-electron chi connectivity index (χ1n) is 7.12. The molecule has 0 radical (unpaired) electrons. The topological polar surface area (TPSA) is 41.5 Å². The molecule has 2 aromatic rings. The van der Waals surface area contributed by atoms with Gasteiger partial charge in [-0.1, -0.05) is 29.8 Å². The first-order chi connectivity index (χ1) is 11.0. The molecule has 0 heterocycles. The van der Waals surface area contributed by atoms with Crippen molar-refractivity contribution in [2.24, 2.45) is 0 Å². The van der Waals surface area contributed by atoms with Crippen molar-refractivity contribution in [3.63, 3.8) is 0 Å². The fraction of sp³-hybridized carbons (Fsp3) is 0.294. The molecule has 0 saturated heterocycles. The average Bonchev–Trinajstić information content (AvgIpc) is 2.54. The summed E-state index contributed by atoms with van der Waals surface area (Å²) in [5, 5.41) is 13.9. The number of rotatable bonds is 7. The van der Waals surface area contributed by atoms with Gasteiger partial charge in [0.1, 0.15) is 0 Å². The van der Waals surface area contributed by atoms with E-state index < -0.39 is 17.7 Å². The fourth-order valence-electron chi connectivity index (χ4n) is 2.23. The molecule has 23 heavy (non-hydrogen) atoms. The number of halogens is 3. The maximum absolute atomic E-state index is 13.4. The Morgan fingerprint density at radius 1 is 1.09 bits per heavy atom. The summed E-state index contributed by atoms with van der Waals surface area (Å²) in [6.07, 6.45) is -0.753. The van der Waals surface area contributed by atoms with E-state index in [0.29, 0.717) is 16.1 Å². The third-order valence-electron chi connectivity index (χ3n) is 3.49. The van der Waals surface area contributed by atoms with Crippen molar-refractivity contribution in [1.82, 2.24) is 5.32 Å². The lowest BCUT2D eigenvalue weighted by atomic mass is 10.1. The molecule has 2 rings (SSSR count). The van der Waals surface area contributed by atoms with E-state index in [-0.39, 0.29) is 19.2 Å². The van der Waals surface area contributed by atoms with Gasteiger partial charge in [-0.25, -0.2) is 8.78 Å². The van der Waals surface area contributed by atoms with Crippen molar-refractivity contribution in [1.29, 1.82) is 0 Å². The fourth-order valence-corrected chi connectivity index (χ4v) is 2.35. The zero-order valence-electron chi connectivity index (χ0n) is 12.6. The van der Waals surface area contributed by atoms with E-state index >= 15 is 0 Å². The number of aliphatic hydroxyl groups excluding tert-OH is 1. The maximum atomic E-state index is 13.4. The van der Waals surface area contributed by atoms with Gasteiger partial charge in [0, 0.05) is 18.7 Å². The van der Waals surface area contributed by atoms with Crippen molar-refractivity contribution < 1.29 is 18.6 Å². The lowest BCUT2D eigenvalue weighted by Gasteiger charge is -2.21. The minimum absolute atomic E-state index is 0.231. The third-order valence-corrected chi connectivity index (χ3v) is 3.74. The number of hydrogen-bond acceptors (Lipinski definition) is 3. The number of hydrogen-bond donors (Lipinski definition) is 2. The number of aliphatic hydroxyl groups is 1. The van der Waals surface area contributed by atoms with E-state index in [1.165, 1.54) is 13.2 Å². The number of nitrogens with one attached hydrogen (secondary N) is 1. The van der Waals surface area contributed by atoms with Gasteiger partial charge in [0.05, 0.1) is 18.8 Å². The zero-order chi connectivity index (χ0) is 16.8. The average molecular weight is 342 g/mol. The van der Waals surface area contributed by atoms with Gasteiger partial charge in [-0.05, 0) is 35.4 Å². The summed E-state index contributed by atoms with van der Waals surface area (Å²) in [6, 6.07) is 10.2. The highest BCUT2D eigenvalue weighted by molar-refractivity contribution is 6.30. The first kappa shape index (κ1) is 17.8. The van der Waals surface area contributed by atoms with Crippen LogP contribution in [-0.2, 0) is 4.74 Å². The van der Waals surface area contributed by atoms with E-state index in [4.69, 9.17) is 16.3 Å². The van der Waals surface area contributed by atoms with Crippen LogP contribution < -0.4 is 5.32 Å². The van der Waals surface area contributed by atoms with Crippen LogP contribution in [-0.4, -0.2) is 25.4 Å². The smallest absolute Gasteiger partial charge is 0.159 e. The summed E-state index contributed by atoms with van der Waals surface area (Å²) in [5.74, 6) is -1.81. The van der Waals surface area contributed by atoms with Crippen LogP contribution in [0.5, 0.6) is 0 Å². The lowest BCUT2D eigenvalue weighted by molar-refractivity contribution is 0.139. The van der Waals surface area contributed by atoms with Gasteiger partial charge in [-0.2, -0.15) is 0 Å². The quantitative estimate of drug-likeness (QED) is 0.808. The molecule has 2 N–H and O–H groups in total. The molecule has 0 spiro atoms. The maximum Gasteiger partial charge on any atom is 0.159 e. The molecule has 0 aliphatic heterocycles. The summed E-state index contributed by atoms with van der Waals surface area (Å²) in [7, 11) is 1.52. The zero-order valence-corrected chi connectivity index (χ0v) is 13.4. The minimum atomic E-state index is -0.913. The van der Waals surface area contributed by atoms with Crippen molar-refractivity contribution in [2.45, 2.75) is 12.1 Å². The van der Waals surface area contributed by atoms with Crippen LogP contribution in [0.4, 0.5) is 8.78 Å². The van der Waals surface area contributed by atoms with Gasteiger partial charge in [-0.3, -0.25) is 0 Å². The molecule has 124 valence electrons. The molecule has 0 aliphatic rings. The summed E-state index contributed by atoms with van der Waals surface area (Å²) in [6.45, 7) is 0.493. The molecule has 6 heteroatoms. The number of methoxy groups -OCH3 is 1. The van der Waals surface area contributed by atoms with Crippen LogP contribution in [0, 0.1) is 11.6 Å². The highest BCUT2D eigenvalue weighted by Crippen LogP contribution is 2.20. The van der Waals surface area contributed by atoms with Crippen LogP contribution in [0.2, 0.25) is 5.02 Å². The van der Waals surface area contributed by atoms with E-state index in [0.717, 1.165) is 12.1 Å². The predicted octanol–water partition coefficient (Wildman–Crippen LogP) is 3.63. The minimum Gasteiger partial charge on any atom is -0.387 e. The molecule has 0 aromatic heterocycles. The summed E-state index contributed by atoms with van der Waals surface area (Å²) >= 11 is 5.81. The second-order valence-electron chi connectivity index (χ2n) is 5.16. The Hall–Kier alpha value is -1.53. The van der Waals surface area contributed by atoms with Crippen molar-refractivity contribution in [2.75, 3.05) is 20.3 Å². The van der Waals surface area contributed by atoms with Gasteiger partial charge in [0.25, 0.3) is 0 Å². The van der Waals surface area contributed by atoms with Crippen LogP contribution in [0.15, 0.2) is 42.5 Å². The normalized spacial score (nSPS) is 13.8. The molecule has 2 aromatic carbocycles. The monoisotopic (exact) mass is 341 g/mol. The molecule has 0 fully saturated rings. The van der Waals surface area contributed by atoms with Crippen LogP contribution in [0.1, 0.15) is 23.3 Å². The summed E-state index contributed by atoms with van der Waals surface area (Å²) < 4.78 is 31.5. The molecule has 0 bridgehead atoms. The summed E-state index contributed by atoms with van der Waals surface area (Å²) in [4.78, 5) is 0. The van der Waals surface area contributed by atoms with Gasteiger partial charge in [0.15, 0.2) is 11.6 Å². The highest BCUT2D eigenvalue weighted by atomic mass is 35.5. The molecular formula is C17H18ClF2NO2. The number of ether oxygens (including phenoxy) is 1. The van der Waals surface area contributed by atoms with Crippen molar-refractivity contribution >= 4 is 11.6 Å². The second-order valence-corrected chi connectivity index (χ2v) is 5.59. The Balaban J connectivity index is 2.04. The van der Waals surface area contributed by atoms with Gasteiger partial charge >= 0.3 is 0 Å². The highest BCUT2D eigenvalue weighted by Gasteiger charge is 2.16. The van der Waals surface area contributed by atoms with E-state index in [2.05, 4.69) is 5.32 Å². The molecule has 2 atom stereocenters. The van der Waals surface area contributed by atoms with Gasteiger partial charge in [0.2, 0.25) is 0 Å². The predicted molar refractivity (Wildman–Crippen MR) is 85.4 cm³/mol. The Bertz CT molecular complexity index is 637. The molecule has 3 nitrogen and oxygen atoms in total. The van der Waals surface area contributed by atoms with Crippen molar-refractivity contribution in [3.05, 3.63) is 70.2 Å². The van der Waals surface area contributed by atoms with Crippen LogP contribution in [0.25, 0.3) is 0 Å². The Kier molecular flexibility index (Phi) is 6.47. The first-order valence-corrected chi connectivity index (χ1v) is 7.50. The van der Waals surface area contributed by atoms with E-state index in [9.17, 15) is 13.9 Å². The third kappa shape index (κ3) is 4.97. The van der Waals surface area contributed by atoms with Crippen LogP contribution >= 0.6 is 11.6 Å². The van der Waals surface area contributed by atoms with Crippen molar-refractivity contribution in [3.8, 4) is 0 Å². The molecule has 2 unspecified atom stereocenters. The lowest BCUT2D eigenvalue weighted by Crippen LogP contribution is -2.29. The molecular weight excluding hydrogens is 324 g/mol. The molecule has 0 saturated carbocycles. The van der Waals surface area contributed by atoms with Crippen LogP contribution in [0.3, 0.4) is 0 Å². The second kappa shape index (κ2) is 8.36. The van der Waals surface area contributed by atoms with Gasteiger partial charge in [-0.15, -0.1) is 0 Å². The largest absolute Gasteiger partial charge is 0.387 e.